The molecule has 0 aromatic rings. The molecule has 0 saturated carbocycles. The van der Waals surface area contributed by atoms with Crippen LogP contribution in [0.3, 0.4) is 0 Å². The number of esters is 2. The van der Waals surface area contributed by atoms with E-state index in [9.17, 15) is 19.0 Å². The first-order chi connectivity index (χ1) is 20.8. The third-order valence-corrected chi connectivity index (χ3v) is 7.77. The minimum atomic E-state index is -4.25. The molecule has 0 saturated heterocycles. The van der Waals surface area contributed by atoms with E-state index >= 15 is 0 Å². The Bertz CT molecular complexity index is 808. The van der Waals surface area contributed by atoms with Crippen molar-refractivity contribution in [1.29, 1.82) is 0 Å². The summed E-state index contributed by atoms with van der Waals surface area (Å²) >= 11 is 0. The number of unbranched alkanes of at least 4 members (excludes halogenated alkanes) is 13. The summed E-state index contributed by atoms with van der Waals surface area (Å²) < 4.78 is 31.7. The molecular weight excluding hydrogens is 567 g/mol. The topological polar surface area (TPSA) is 108 Å². The molecular formula is C34H61O8P. The molecule has 0 aromatic heterocycles. The largest absolute Gasteiger partial charge is 0.472 e. The lowest BCUT2D eigenvalue weighted by Gasteiger charge is -2.19. The van der Waals surface area contributed by atoms with E-state index in [1.165, 1.54) is 19.3 Å². The van der Waals surface area contributed by atoms with Gasteiger partial charge in [-0.25, -0.2) is 4.57 Å². The molecule has 0 heterocycles. The molecule has 0 rings (SSSR count). The van der Waals surface area contributed by atoms with Crippen LogP contribution in [0.5, 0.6) is 0 Å². The van der Waals surface area contributed by atoms with Gasteiger partial charge < -0.3 is 14.4 Å². The molecule has 0 spiro atoms. The fourth-order valence-corrected chi connectivity index (χ4v) is 4.66. The Morgan fingerprint density at radius 3 is 1.74 bits per heavy atom. The van der Waals surface area contributed by atoms with Gasteiger partial charge in [0.05, 0.1) is 6.61 Å². The fourth-order valence-electron chi connectivity index (χ4n) is 4.20. The number of allylic oxidation sites excluding steroid dienone is 6. The third kappa shape index (κ3) is 30.1. The number of hydrogen-bond donors (Lipinski definition) is 1. The van der Waals surface area contributed by atoms with Gasteiger partial charge in [-0.3, -0.25) is 18.6 Å². The van der Waals surface area contributed by atoms with Crippen molar-refractivity contribution < 1.29 is 37.6 Å². The standard InChI is InChI=1S/C34H61O8P/c1-4-6-8-10-12-14-16-17-18-19-21-23-25-27-29-34(36)42-32(31-41-43(37,38)39-3)30-40-33(35)28-26-24-22-20-15-13-11-9-7-5-2/h9-12,16-17,32H,4-8,13-15,18-31H2,1-3H3,(H,37,38)/b11-9-,12-10-,17-16-. The Kier molecular flexibility index (Phi) is 29.1. The number of carbonyl (C=O) groups excluding carboxylic acids is 2. The molecule has 43 heavy (non-hydrogen) atoms. The van der Waals surface area contributed by atoms with Crippen LogP contribution in [0.2, 0.25) is 0 Å². The predicted octanol–water partition coefficient (Wildman–Crippen LogP) is 9.72. The lowest BCUT2D eigenvalue weighted by atomic mass is 10.1. The molecule has 2 unspecified atom stereocenters. The number of phosphoric acid groups is 1. The van der Waals surface area contributed by atoms with Crippen molar-refractivity contribution in [2.75, 3.05) is 20.3 Å². The molecule has 0 fully saturated rings. The van der Waals surface area contributed by atoms with E-state index in [0.717, 1.165) is 97.0 Å². The summed E-state index contributed by atoms with van der Waals surface area (Å²) in [6.45, 7) is 3.73. The van der Waals surface area contributed by atoms with Gasteiger partial charge in [-0.05, 0) is 57.8 Å². The first-order valence-corrected chi connectivity index (χ1v) is 18.2. The highest BCUT2D eigenvalue weighted by Crippen LogP contribution is 2.42. The Morgan fingerprint density at radius 1 is 0.651 bits per heavy atom. The van der Waals surface area contributed by atoms with E-state index in [0.29, 0.717) is 6.42 Å². The fraction of sp³-hybridized carbons (Fsp3) is 0.765. The Balaban J connectivity index is 4.17. The summed E-state index contributed by atoms with van der Waals surface area (Å²) in [6, 6.07) is 0. The van der Waals surface area contributed by atoms with Crippen LogP contribution in [-0.2, 0) is 32.7 Å². The summed E-state index contributed by atoms with van der Waals surface area (Å²) in [5, 5.41) is 0. The molecule has 1 N–H and O–H groups in total. The van der Waals surface area contributed by atoms with Gasteiger partial charge in [0.2, 0.25) is 0 Å². The minimum absolute atomic E-state index is 0.226. The van der Waals surface area contributed by atoms with Crippen molar-refractivity contribution >= 4 is 19.8 Å². The Hall–Kier alpha value is -1.73. The van der Waals surface area contributed by atoms with Gasteiger partial charge in [0.25, 0.3) is 0 Å². The molecule has 0 aromatic carbocycles. The predicted molar refractivity (Wildman–Crippen MR) is 175 cm³/mol. The van der Waals surface area contributed by atoms with Crippen molar-refractivity contribution in [2.24, 2.45) is 0 Å². The molecule has 0 amide bonds. The summed E-state index contributed by atoms with van der Waals surface area (Å²) in [5.41, 5.74) is 0. The first-order valence-electron chi connectivity index (χ1n) is 16.7. The summed E-state index contributed by atoms with van der Waals surface area (Å²) in [5.74, 6) is -0.838. The van der Waals surface area contributed by atoms with Gasteiger partial charge in [0, 0.05) is 20.0 Å². The van der Waals surface area contributed by atoms with Crippen molar-refractivity contribution in [3.8, 4) is 0 Å². The lowest BCUT2D eigenvalue weighted by Crippen LogP contribution is -2.29. The maximum absolute atomic E-state index is 12.4. The van der Waals surface area contributed by atoms with Gasteiger partial charge in [0.1, 0.15) is 6.61 Å². The molecule has 0 aliphatic rings. The van der Waals surface area contributed by atoms with Crippen LogP contribution in [0, 0.1) is 0 Å². The van der Waals surface area contributed by atoms with Crippen LogP contribution in [0.4, 0.5) is 0 Å². The van der Waals surface area contributed by atoms with Crippen LogP contribution >= 0.6 is 7.82 Å². The zero-order valence-corrected chi connectivity index (χ0v) is 28.2. The highest BCUT2D eigenvalue weighted by Gasteiger charge is 2.24. The Labute approximate surface area is 262 Å². The van der Waals surface area contributed by atoms with Crippen molar-refractivity contribution in [3.05, 3.63) is 36.5 Å². The van der Waals surface area contributed by atoms with Gasteiger partial charge >= 0.3 is 19.8 Å². The highest BCUT2D eigenvalue weighted by atomic mass is 31.2. The molecule has 8 nitrogen and oxygen atoms in total. The van der Waals surface area contributed by atoms with Gasteiger partial charge in [-0.15, -0.1) is 0 Å². The van der Waals surface area contributed by atoms with Crippen LogP contribution in [-0.4, -0.2) is 43.3 Å². The highest BCUT2D eigenvalue weighted by molar-refractivity contribution is 7.47. The number of rotatable bonds is 30. The van der Waals surface area contributed by atoms with Crippen molar-refractivity contribution in [1.82, 2.24) is 0 Å². The first kappa shape index (κ1) is 41.3. The molecule has 250 valence electrons. The second-order valence-corrected chi connectivity index (χ2v) is 12.5. The smallest absolute Gasteiger partial charge is 0.462 e. The number of phosphoric ester groups is 1. The molecule has 2 atom stereocenters. The summed E-state index contributed by atoms with van der Waals surface area (Å²) in [6.07, 6.45) is 32.0. The summed E-state index contributed by atoms with van der Waals surface area (Å²) in [7, 11) is -3.20. The molecule has 0 aliphatic heterocycles. The molecule has 0 bridgehead atoms. The second-order valence-electron chi connectivity index (χ2n) is 10.9. The van der Waals surface area contributed by atoms with E-state index in [-0.39, 0.29) is 25.4 Å². The normalized spacial score (nSPS) is 14.0. The van der Waals surface area contributed by atoms with Crippen LogP contribution in [0.25, 0.3) is 0 Å². The van der Waals surface area contributed by atoms with Gasteiger partial charge in [-0.2, -0.15) is 0 Å². The maximum atomic E-state index is 12.4. The second kappa shape index (κ2) is 30.3. The zero-order chi connectivity index (χ0) is 31.9. The third-order valence-electron chi connectivity index (χ3n) is 6.84. The average molecular weight is 629 g/mol. The average Bonchev–Trinajstić information content (AvgIpc) is 2.99. The molecule has 0 radical (unpaired) electrons. The number of hydrogen-bond acceptors (Lipinski definition) is 7. The molecule has 9 heteroatoms. The van der Waals surface area contributed by atoms with E-state index in [1.807, 2.05) is 0 Å². The van der Waals surface area contributed by atoms with Crippen LogP contribution < -0.4 is 0 Å². The SMILES string of the molecule is CCC/C=C\CCCCCCCC(=O)OCC(COP(=O)(O)OC)OC(=O)CCCCCCC/C=C\C/C=C\CCCC. The van der Waals surface area contributed by atoms with E-state index < -0.39 is 26.5 Å². The van der Waals surface area contributed by atoms with E-state index in [1.54, 1.807) is 0 Å². The number of ether oxygens (including phenoxy) is 2. The summed E-state index contributed by atoms with van der Waals surface area (Å²) in [4.78, 5) is 34.1. The van der Waals surface area contributed by atoms with Crippen LogP contribution in [0.1, 0.15) is 142 Å². The zero-order valence-electron chi connectivity index (χ0n) is 27.3. The van der Waals surface area contributed by atoms with E-state index in [4.69, 9.17) is 14.0 Å². The number of carbonyl (C=O) groups is 2. The maximum Gasteiger partial charge on any atom is 0.472 e. The van der Waals surface area contributed by atoms with Crippen molar-refractivity contribution in [2.45, 2.75) is 148 Å². The Morgan fingerprint density at radius 2 is 1.16 bits per heavy atom. The molecule has 0 aliphatic carbocycles. The minimum Gasteiger partial charge on any atom is -0.462 e. The van der Waals surface area contributed by atoms with Gasteiger partial charge in [-0.1, -0.05) is 108 Å². The van der Waals surface area contributed by atoms with Crippen molar-refractivity contribution in [3.63, 3.8) is 0 Å². The monoisotopic (exact) mass is 628 g/mol. The van der Waals surface area contributed by atoms with Gasteiger partial charge in [0.15, 0.2) is 6.10 Å². The van der Waals surface area contributed by atoms with Crippen LogP contribution in [0.15, 0.2) is 36.5 Å². The van der Waals surface area contributed by atoms with E-state index in [2.05, 4.69) is 54.8 Å². The lowest BCUT2D eigenvalue weighted by molar-refractivity contribution is -0.161. The quantitative estimate of drug-likeness (QED) is 0.0362.